The van der Waals surface area contributed by atoms with E-state index in [0.29, 0.717) is 45.6 Å². The number of piperidine rings is 1. The number of ether oxygens (including phenoxy) is 1. The maximum absolute atomic E-state index is 12.5. The zero-order valence-corrected chi connectivity index (χ0v) is 20.0. The molecule has 8 nitrogen and oxygen atoms in total. The van der Waals surface area contributed by atoms with Crippen molar-refractivity contribution in [2.75, 3.05) is 24.0 Å². The molecule has 1 fully saturated rings. The van der Waals surface area contributed by atoms with Crippen molar-refractivity contribution >= 4 is 33.8 Å². The van der Waals surface area contributed by atoms with Gasteiger partial charge in [-0.2, -0.15) is 0 Å². The lowest BCUT2D eigenvalue weighted by atomic mass is 10.00. The SMILES string of the molecule is CCOC(=O)N1CCC(N(c2ccc(CNCc3cccnc3)c3ccccc23)S(=O)O)CC1. The molecule has 0 radical (unpaired) electrons. The third-order valence-corrected chi connectivity index (χ3v) is 6.92. The molecule has 0 bridgehead atoms. The van der Waals surface area contributed by atoms with Gasteiger partial charge in [-0.25, -0.2) is 9.00 Å². The maximum atomic E-state index is 12.5. The molecule has 2 aromatic carbocycles. The normalized spacial score (nSPS) is 15.3. The largest absolute Gasteiger partial charge is 0.450 e. The first-order valence-corrected chi connectivity index (χ1v) is 12.6. The van der Waals surface area contributed by atoms with Crippen LogP contribution in [-0.2, 0) is 29.1 Å². The number of likely N-dealkylation sites (tertiary alicyclic amines) is 1. The number of benzene rings is 2. The second-order valence-electron chi connectivity index (χ2n) is 8.23. The highest BCUT2D eigenvalue weighted by Gasteiger charge is 2.31. The highest BCUT2D eigenvalue weighted by molar-refractivity contribution is 7.80. The Morgan fingerprint density at radius 2 is 1.91 bits per heavy atom. The summed E-state index contributed by atoms with van der Waals surface area (Å²) in [5.41, 5.74) is 2.95. The van der Waals surface area contributed by atoms with Crippen LogP contribution in [0, 0.1) is 0 Å². The minimum Gasteiger partial charge on any atom is -0.450 e. The van der Waals surface area contributed by atoms with Gasteiger partial charge in [-0.3, -0.25) is 13.8 Å². The molecule has 1 aromatic heterocycles. The third kappa shape index (κ3) is 5.55. The van der Waals surface area contributed by atoms with Crippen molar-refractivity contribution in [2.24, 2.45) is 0 Å². The molecule has 2 N–H and O–H groups in total. The lowest BCUT2D eigenvalue weighted by Gasteiger charge is -2.37. The van der Waals surface area contributed by atoms with Crippen LogP contribution in [0.2, 0.25) is 0 Å². The van der Waals surface area contributed by atoms with Crippen LogP contribution in [-0.4, -0.2) is 50.5 Å². The van der Waals surface area contributed by atoms with Crippen LogP contribution in [0.5, 0.6) is 0 Å². The van der Waals surface area contributed by atoms with Gasteiger partial charge in [0.1, 0.15) is 0 Å². The average Bonchev–Trinajstić information content (AvgIpc) is 2.86. The highest BCUT2D eigenvalue weighted by Crippen LogP contribution is 2.34. The summed E-state index contributed by atoms with van der Waals surface area (Å²) in [5.74, 6) is 0. The zero-order valence-electron chi connectivity index (χ0n) is 19.2. The summed E-state index contributed by atoms with van der Waals surface area (Å²) in [5, 5.41) is 5.43. The van der Waals surface area contributed by atoms with Gasteiger partial charge >= 0.3 is 6.09 Å². The molecule has 4 rings (SSSR count). The average molecular weight is 483 g/mol. The summed E-state index contributed by atoms with van der Waals surface area (Å²) in [6.07, 6.45) is 4.46. The Morgan fingerprint density at radius 3 is 2.59 bits per heavy atom. The Labute approximate surface area is 202 Å². The van der Waals surface area contributed by atoms with Gasteiger partial charge in [0.05, 0.1) is 12.3 Å². The number of pyridine rings is 1. The van der Waals surface area contributed by atoms with Crippen LogP contribution in [0.4, 0.5) is 10.5 Å². The molecule has 1 atom stereocenters. The first kappa shape index (κ1) is 24.1. The van der Waals surface area contributed by atoms with Crippen LogP contribution in [0.25, 0.3) is 10.8 Å². The Morgan fingerprint density at radius 1 is 1.15 bits per heavy atom. The summed E-state index contributed by atoms with van der Waals surface area (Å²) >= 11 is -2.19. The fourth-order valence-corrected chi connectivity index (χ4v) is 5.24. The van der Waals surface area contributed by atoms with E-state index in [1.807, 2.05) is 54.7 Å². The number of carbonyl (C=O) groups excluding carboxylic acids is 1. The van der Waals surface area contributed by atoms with Crippen LogP contribution in [0.15, 0.2) is 60.9 Å². The van der Waals surface area contributed by atoms with Gasteiger partial charge in [-0.1, -0.05) is 36.4 Å². The summed E-state index contributed by atoms with van der Waals surface area (Å²) in [6, 6.07) is 15.7. The van der Waals surface area contributed by atoms with E-state index in [4.69, 9.17) is 4.74 Å². The molecule has 34 heavy (non-hydrogen) atoms. The van der Waals surface area contributed by atoms with E-state index in [0.717, 1.165) is 27.6 Å². The van der Waals surface area contributed by atoms with Gasteiger partial charge in [0.15, 0.2) is 0 Å². The van der Waals surface area contributed by atoms with E-state index < -0.39 is 11.3 Å². The standard InChI is InChI=1S/C25H30N4O4S/c1-2-33-25(30)28-14-11-21(12-15-28)29(34(31)32)24-10-9-20(22-7-3-4-8-23(22)24)18-27-17-19-6-5-13-26-16-19/h3-10,13,16,21,27H,2,11-12,14-15,17-18H2,1H3,(H,31,32). The van der Waals surface area contributed by atoms with Crippen LogP contribution < -0.4 is 9.62 Å². The molecule has 1 saturated heterocycles. The van der Waals surface area contributed by atoms with Crippen molar-refractivity contribution in [2.45, 2.75) is 38.9 Å². The summed E-state index contributed by atoms with van der Waals surface area (Å²) < 4.78 is 29.4. The molecule has 0 spiro atoms. The molecule has 0 aliphatic carbocycles. The van der Waals surface area contributed by atoms with E-state index in [-0.39, 0.29) is 12.1 Å². The van der Waals surface area contributed by atoms with E-state index in [2.05, 4.69) is 10.3 Å². The monoisotopic (exact) mass is 482 g/mol. The number of hydrogen-bond acceptors (Lipinski definition) is 5. The minimum atomic E-state index is -2.19. The van der Waals surface area contributed by atoms with E-state index >= 15 is 0 Å². The van der Waals surface area contributed by atoms with Crippen LogP contribution >= 0.6 is 0 Å². The van der Waals surface area contributed by atoms with Crippen molar-refractivity contribution < 1.29 is 18.3 Å². The number of fused-ring (bicyclic) bond motifs is 1. The van der Waals surface area contributed by atoms with Crippen molar-refractivity contribution in [1.29, 1.82) is 0 Å². The first-order valence-electron chi connectivity index (χ1n) is 11.5. The van der Waals surface area contributed by atoms with E-state index in [1.54, 1.807) is 22.3 Å². The van der Waals surface area contributed by atoms with Gasteiger partial charge in [0, 0.05) is 50.0 Å². The lowest BCUT2D eigenvalue weighted by Crippen LogP contribution is -2.47. The van der Waals surface area contributed by atoms with Crippen molar-refractivity contribution in [3.8, 4) is 0 Å². The molecule has 1 aliphatic heterocycles. The van der Waals surface area contributed by atoms with Gasteiger partial charge in [-0.15, -0.1) is 0 Å². The van der Waals surface area contributed by atoms with Crippen molar-refractivity contribution in [1.82, 2.24) is 15.2 Å². The number of carbonyl (C=O) groups is 1. The van der Waals surface area contributed by atoms with Crippen LogP contribution in [0.3, 0.4) is 0 Å². The highest BCUT2D eigenvalue weighted by atomic mass is 32.2. The Balaban J connectivity index is 1.53. The van der Waals surface area contributed by atoms with E-state index in [9.17, 15) is 13.6 Å². The number of amides is 1. The second-order valence-corrected chi connectivity index (χ2v) is 9.08. The molecule has 0 saturated carbocycles. The molecule has 3 aromatic rings. The van der Waals surface area contributed by atoms with Gasteiger partial charge in [0.2, 0.25) is 0 Å². The number of anilines is 1. The molecule has 180 valence electrons. The molecule has 1 unspecified atom stereocenters. The Kier molecular flexibility index (Phi) is 8.10. The molecule has 1 amide bonds. The number of rotatable bonds is 8. The Hall–Kier alpha value is -3.01. The third-order valence-electron chi connectivity index (χ3n) is 6.09. The Bertz CT molecular complexity index is 1140. The van der Waals surface area contributed by atoms with E-state index in [1.165, 1.54) is 0 Å². The fraction of sp³-hybridized carbons (Fsp3) is 0.360. The maximum Gasteiger partial charge on any atom is 0.409 e. The minimum absolute atomic E-state index is 0.158. The molecule has 2 heterocycles. The second kappa shape index (κ2) is 11.4. The molecule has 9 heteroatoms. The molecule has 1 aliphatic rings. The van der Waals surface area contributed by atoms with Gasteiger partial charge < -0.3 is 15.0 Å². The van der Waals surface area contributed by atoms with Gasteiger partial charge in [-0.05, 0) is 48.4 Å². The molecular formula is C25H30N4O4S. The number of hydrogen-bond donors (Lipinski definition) is 2. The lowest BCUT2D eigenvalue weighted by molar-refractivity contribution is 0.0976. The summed E-state index contributed by atoms with van der Waals surface area (Å²) in [6.45, 7) is 4.47. The van der Waals surface area contributed by atoms with Crippen molar-refractivity contribution in [3.63, 3.8) is 0 Å². The number of nitrogens with zero attached hydrogens (tertiary/aromatic N) is 3. The van der Waals surface area contributed by atoms with Crippen molar-refractivity contribution in [3.05, 3.63) is 72.1 Å². The fourth-order valence-electron chi connectivity index (χ4n) is 4.44. The van der Waals surface area contributed by atoms with Gasteiger partial charge in [0.25, 0.3) is 11.3 Å². The first-order chi connectivity index (χ1) is 16.6. The molecular weight excluding hydrogens is 452 g/mol. The summed E-state index contributed by atoms with van der Waals surface area (Å²) in [7, 11) is 0. The number of nitrogens with one attached hydrogen (secondary N) is 1. The van der Waals surface area contributed by atoms with Crippen LogP contribution in [0.1, 0.15) is 30.9 Å². The number of aromatic nitrogens is 1. The predicted molar refractivity (Wildman–Crippen MR) is 134 cm³/mol. The predicted octanol–water partition coefficient (Wildman–Crippen LogP) is 4.09. The summed E-state index contributed by atoms with van der Waals surface area (Å²) in [4.78, 5) is 17.8. The quantitative estimate of drug-likeness (QED) is 0.470. The smallest absolute Gasteiger partial charge is 0.409 e. The topological polar surface area (TPSA) is 95.0 Å². The zero-order chi connectivity index (χ0) is 23.9.